The topological polar surface area (TPSA) is 68.5 Å². The molecule has 0 amide bonds. The fourth-order valence-corrected chi connectivity index (χ4v) is 3.17. The Morgan fingerprint density at radius 1 is 1.11 bits per heavy atom. The molecule has 0 aliphatic carbocycles. The van der Waals surface area contributed by atoms with E-state index in [1.165, 1.54) is 0 Å². The molecule has 0 fully saturated rings. The number of unbranched alkanes of at least 4 members (excludes halogenated alkanes) is 1. The maximum absolute atomic E-state index is 13.1. The highest BCUT2D eigenvalue weighted by Gasteiger charge is 2.17. The Labute approximate surface area is 158 Å². The first kappa shape index (κ1) is 18.7. The highest BCUT2D eigenvalue weighted by Crippen LogP contribution is 2.25. The molecule has 0 spiro atoms. The average molecular weight is 365 g/mol. The Morgan fingerprint density at radius 3 is 2.52 bits per heavy atom. The lowest BCUT2D eigenvalue weighted by Gasteiger charge is -2.09. The van der Waals surface area contributed by atoms with E-state index in [1.807, 2.05) is 19.1 Å². The highest BCUT2D eigenvalue weighted by molar-refractivity contribution is 6.04. The number of rotatable bonds is 7. The van der Waals surface area contributed by atoms with E-state index in [0.717, 1.165) is 35.2 Å². The molecule has 1 N–H and O–H groups in total. The molecule has 5 heteroatoms. The van der Waals surface area contributed by atoms with E-state index in [4.69, 9.17) is 9.84 Å². The van der Waals surface area contributed by atoms with Gasteiger partial charge in [0, 0.05) is 16.6 Å². The lowest BCUT2D eigenvalue weighted by atomic mass is 10.1. The van der Waals surface area contributed by atoms with Gasteiger partial charge in [-0.1, -0.05) is 25.5 Å². The summed E-state index contributed by atoms with van der Waals surface area (Å²) in [4.78, 5) is 24.2. The maximum Gasteiger partial charge on any atom is 0.307 e. The van der Waals surface area contributed by atoms with Crippen molar-refractivity contribution in [3.05, 3.63) is 65.4 Å². The molecule has 1 aromatic heterocycles. The molecular weight excluding hydrogens is 342 g/mol. The summed E-state index contributed by atoms with van der Waals surface area (Å²) in [5.74, 6) is -0.286. The smallest absolute Gasteiger partial charge is 0.307 e. The van der Waals surface area contributed by atoms with Crippen LogP contribution in [0.4, 0.5) is 0 Å². The minimum absolute atomic E-state index is 0.0707. The van der Waals surface area contributed by atoms with Gasteiger partial charge >= 0.3 is 5.97 Å². The van der Waals surface area contributed by atoms with Crippen LogP contribution in [0.15, 0.2) is 48.5 Å². The second-order valence-electron chi connectivity index (χ2n) is 6.57. The first-order valence-corrected chi connectivity index (χ1v) is 9.10. The van der Waals surface area contributed by atoms with Gasteiger partial charge in [0.1, 0.15) is 5.75 Å². The zero-order valence-electron chi connectivity index (χ0n) is 15.6. The van der Waals surface area contributed by atoms with Gasteiger partial charge in [-0.15, -0.1) is 0 Å². The number of hydrogen-bond acceptors (Lipinski definition) is 3. The van der Waals surface area contributed by atoms with Crippen molar-refractivity contribution in [1.29, 1.82) is 0 Å². The molecule has 140 valence electrons. The number of aliphatic carboxylic acids is 1. The molecule has 0 unspecified atom stereocenters. The Bertz CT molecular complexity index is 970. The molecular formula is C22H23NO4. The number of carboxylic acids is 1. The van der Waals surface area contributed by atoms with Gasteiger partial charge < -0.3 is 9.84 Å². The van der Waals surface area contributed by atoms with Crippen LogP contribution in [0.2, 0.25) is 0 Å². The van der Waals surface area contributed by atoms with Crippen LogP contribution in [0.3, 0.4) is 0 Å². The number of fused-ring (bicyclic) bond motifs is 1. The van der Waals surface area contributed by atoms with Crippen LogP contribution in [-0.4, -0.2) is 28.2 Å². The summed E-state index contributed by atoms with van der Waals surface area (Å²) in [5.41, 5.74) is 2.76. The van der Waals surface area contributed by atoms with Gasteiger partial charge in [-0.2, -0.15) is 0 Å². The van der Waals surface area contributed by atoms with Crippen molar-refractivity contribution in [2.75, 3.05) is 6.61 Å². The lowest BCUT2D eigenvalue weighted by Crippen LogP contribution is -2.13. The van der Waals surface area contributed by atoms with Crippen LogP contribution in [0, 0.1) is 6.92 Å². The normalized spacial score (nSPS) is 10.9. The predicted octanol–water partition coefficient (Wildman–Crippen LogP) is 4.44. The van der Waals surface area contributed by atoms with E-state index in [2.05, 4.69) is 6.92 Å². The van der Waals surface area contributed by atoms with E-state index in [0.29, 0.717) is 17.7 Å². The van der Waals surface area contributed by atoms with Crippen molar-refractivity contribution in [2.24, 2.45) is 0 Å². The summed E-state index contributed by atoms with van der Waals surface area (Å²) in [6.45, 7) is 4.62. The Balaban J connectivity index is 1.91. The van der Waals surface area contributed by atoms with Gasteiger partial charge in [-0.05, 0) is 55.3 Å². The van der Waals surface area contributed by atoms with Gasteiger partial charge in [0.15, 0.2) is 0 Å². The summed E-state index contributed by atoms with van der Waals surface area (Å²) < 4.78 is 7.28. The minimum Gasteiger partial charge on any atom is -0.494 e. The highest BCUT2D eigenvalue weighted by atomic mass is 16.5. The molecule has 0 saturated carbocycles. The number of aryl methyl sites for hydroxylation is 1. The molecule has 0 atom stereocenters. The first-order chi connectivity index (χ1) is 13.0. The first-order valence-electron chi connectivity index (χ1n) is 9.10. The number of ether oxygens (including phenoxy) is 1. The van der Waals surface area contributed by atoms with Gasteiger partial charge in [0.2, 0.25) is 0 Å². The summed E-state index contributed by atoms with van der Waals surface area (Å²) in [6.07, 6.45) is 1.99. The molecule has 0 saturated heterocycles. The number of carbonyl (C=O) groups is 2. The number of aromatic nitrogens is 1. The maximum atomic E-state index is 13.1. The third-order valence-electron chi connectivity index (χ3n) is 4.53. The summed E-state index contributed by atoms with van der Waals surface area (Å²) in [5, 5.41) is 9.90. The second kappa shape index (κ2) is 8.08. The molecule has 27 heavy (non-hydrogen) atoms. The van der Waals surface area contributed by atoms with E-state index in [9.17, 15) is 9.59 Å². The van der Waals surface area contributed by atoms with Crippen LogP contribution in [0.5, 0.6) is 5.75 Å². The van der Waals surface area contributed by atoms with Crippen LogP contribution < -0.4 is 4.74 Å². The molecule has 0 aliphatic heterocycles. The van der Waals surface area contributed by atoms with Crippen molar-refractivity contribution in [3.8, 4) is 5.75 Å². The van der Waals surface area contributed by atoms with E-state index >= 15 is 0 Å². The number of benzene rings is 2. The Kier molecular flexibility index (Phi) is 5.60. The van der Waals surface area contributed by atoms with E-state index in [-0.39, 0.29) is 12.3 Å². The van der Waals surface area contributed by atoms with Crippen LogP contribution in [-0.2, 0) is 11.2 Å². The van der Waals surface area contributed by atoms with Gasteiger partial charge in [0.25, 0.3) is 5.91 Å². The second-order valence-corrected chi connectivity index (χ2v) is 6.57. The van der Waals surface area contributed by atoms with Gasteiger partial charge in [-0.25, -0.2) is 0 Å². The van der Waals surface area contributed by atoms with E-state index < -0.39 is 5.97 Å². The monoisotopic (exact) mass is 365 g/mol. The van der Waals surface area contributed by atoms with Crippen molar-refractivity contribution in [1.82, 2.24) is 4.57 Å². The van der Waals surface area contributed by atoms with Crippen molar-refractivity contribution in [3.63, 3.8) is 0 Å². The average Bonchev–Trinajstić information content (AvgIpc) is 2.98. The number of carbonyl (C=O) groups excluding carboxylic acids is 1. The zero-order chi connectivity index (χ0) is 19.4. The van der Waals surface area contributed by atoms with Crippen molar-refractivity contribution < 1.29 is 19.4 Å². The molecule has 2 aromatic carbocycles. The molecule has 0 bridgehead atoms. The summed E-state index contributed by atoms with van der Waals surface area (Å²) >= 11 is 0. The summed E-state index contributed by atoms with van der Waals surface area (Å²) in [6, 6.07) is 14.4. The third kappa shape index (κ3) is 4.03. The van der Waals surface area contributed by atoms with E-state index in [1.54, 1.807) is 41.0 Å². The third-order valence-corrected chi connectivity index (χ3v) is 4.53. The molecule has 3 aromatic rings. The fourth-order valence-electron chi connectivity index (χ4n) is 3.17. The molecule has 0 aliphatic rings. The lowest BCUT2D eigenvalue weighted by molar-refractivity contribution is -0.136. The molecule has 3 rings (SSSR count). The van der Waals surface area contributed by atoms with Crippen LogP contribution in [0.1, 0.15) is 41.4 Å². The molecule has 5 nitrogen and oxygen atoms in total. The van der Waals surface area contributed by atoms with Crippen LogP contribution >= 0.6 is 0 Å². The summed E-state index contributed by atoms with van der Waals surface area (Å²) in [7, 11) is 0. The van der Waals surface area contributed by atoms with Crippen molar-refractivity contribution in [2.45, 2.75) is 33.1 Å². The number of carboxylic acid groups (broad SMARTS) is 1. The SMILES string of the molecule is CCCCOc1ccc(C(=O)n2c(C)cc3c(CC(=O)O)cccc32)cc1. The largest absolute Gasteiger partial charge is 0.494 e. The Morgan fingerprint density at radius 2 is 1.85 bits per heavy atom. The number of nitrogens with zero attached hydrogens (tertiary/aromatic N) is 1. The van der Waals surface area contributed by atoms with Gasteiger partial charge in [0.05, 0.1) is 18.5 Å². The standard InChI is InChI=1S/C22H23NO4/c1-3-4-12-27-18-10-8-16(9-11-18)22(26)23-15(2)13-19-17(14-21(24)25)6-5-7-20(19)23/h5-11,13H,3-4,12,14H2,1-2H3,(H,24,25). The van der Waals surface area contributed by atoms with Crippen molar-refractivity contribution >= 4 is 22.8 Å². The predicted molar refractivity (Wildman–Crippen MR) is 105 cm³/mol. The van der Waals surface area contributed by atoms with Crippen LogP contribution in [0.25, 0.3) is 10.9 Å². The molecule has 0 radical (unpaired) electrons. The minimum atomic E-state index is -0.891. The fraction of sp³-hybridized carbons (Fsp3) is 0.273. The zero-order valence-corrected chi connectivity index (χ0v) is 15.6. The Hall–Kier alpha value is -3.08. The quantitative estimate of drug-likeness (QED) is 0.628. The number of hydrogen-bond donors (Lipinski definition) is 1. The van der Waals surface area contributed by atoms with Gasteiger partial charge in [-0.3, -0.25) is 14.2 Å². The molecule has 1 heterocycles.